The largest absolute Gasteiger partial charge is 0.334 e. The molecule has 1 atom stereocenters. The minimum absolute atomic E-state index is 0.0209. The Hall–Kier alpha value is -1.41. The van der Waals surface area contributed by atoms with E-state index < -0.39 is 9.84 Å². The summed E-state index contributed by atoms with van der Waals surface area (Å²) in [6.07, 6.45) is 3.15. The summed E-state index contributed by atoms with van der Waals surface area (Å²) in [7, 11) is -3.05. The molecule has 0 bridgehead atoms. The number of nitrogens with one attached hydrogen (secondary N) is 1. The SMILES string of the molecule is CCCN(C(=O)c1sc(NC(=O)C2CC2)cc1C)C1CCS(=O)(=O)C1. The predicted octanol–water partition coefficient (Wildman–Crippen LogP) is 2.44. The maximum Gasteiger partial charge on any atom is 0.264 e. The molecule has 1 unspecified atom stereocenters. The Bertz CT molecular complexity index is 781. The van der Waals surface area contributed by atoms with Crippen LogP contribution in [0.25, 0.3) is 0 Å². The van der Waals surface area contributed by atoms with Crippen LogP contribution in [0.3, 0.4) is 0 Å². The number of aryl methyl sites for hydroxylation is 1. The number of carbonyl (C=O) groups is 2. The molecule has 1 aromatic heterocycles. The Balaban J connectivity index is 1.77. The van der Waals surface area contributed by atoms with E-state index >= 15 is 0 Å². The first-order valence-electron chi connectivity index (χ1n) is 8.73. The molecule has 2 amide bonds. The van der Waals surface area contributed by atoms with Gasteiger partial charge in [-0.25, -0.2) is 8.42 Å². The Kier molecular flexibility index (Phi) is 5.20. The van der Waals surface area contributed by atoms with E-state index in [0.29, 0.717) is 22.8 Å². The Morgan fingerprint density at radius 2 is 2.04 bits per heavy atom. The first kappa shape index (κ1) is 18.4. The fourth-order valence-electron chi connectivity index (χ4n) is 3.17. The highest BCUT2D eigenvalue weighted by Gasteiger charge is 2.36. The lowest BCUT2D eigenvalue weighted by atomic mass is 10.2. The highest BCUT2D eigenvalue weighted by molar-refractivity contribution is 7.91. The number of hydrogen-bond donors (Lipinski definition) is 1. The van der Waals surface area contributed by atoms with Gasteiger partial charge in [-0.05, 0) is 44.2 Å². The molecule has 0 radical (unpaired) electrons. The lowest BCUT2D eigenvalue weighted by Crippen LogP contribution is -2.41. The molecule has 6 nitrogen and oxygen atoms in total. The summed E-state index contributed by atoms with van der Waals surface area (Å²) in [5.41, 5.74) is 0.822. The van der Waals surface area contributed by atoms with E-state index in [1.165, 1.54) is 11.3 Å². The third kappa shape index (κ3) is 4.23. The van der Waals surface area contributed by atoms with Crippen molar-refractivity contribution in [3.8, 4) is 0 Å². The van der Waals surface area contributed by atoms with Gasteiger partial charge in [0.25, 0.3) is 5.91 Å². The van der Waals surface area contributed by atoms with Crippen molar-refractivity contribution < 1.29 is 18.0 Å². The molecule has 0 aromatic carbocycles. The van der Waals surface area contributed by atoms with Gasteiger partial charge in [0.05, 0.1) is 21.4 Å². The fourth-order valence-corrected chi connectivity index (χ4v) is 5.93. The maximum atomic E-state index is 13.0. The van der Waals surface area contributed by atoms with Crippen LogP contribution in [0.5, 0.6) is 0 Å². The summed E-state index contributed by atoms with van der Waals surface area (Å²) in [4.78, 5) is 27.2. The standard InChI is InChI=1S/C17H24N2O4S2/c1-3-7-19(13-6-8-25(22,23)10-13)17(21)15-11(2)9-14(24-15)18-16(20)12-4-5-12/h9,12-13H,3-8,10H2,1-2H3,(H,18,20). The second-order valence-corrected chi connectivity index (χ2v) is 10.2. The Labute approximate surface area is 152 Å². The number of carbonyl (C=O) groups excluding carboxylic acids is 2. The van der Waals surface area contributed by atoms with Crippen molar-refractivity contribution in [1.82, 2.24) is 4.90 Å². The molecule has 2 fully saturated rings. The van der Waals surface area contributed by atoms with Crippen molar-refractivity contribution in [2.45, 2.75) is 45.6 Å². The van der Waals surface area contributed by atoms with Crippen LogP contribution in [0.2, 0.25) is 0 Å². The molecule has 1 saturated carbocycles. The van der Waals surface area contributed by atoms with E-state index in [4.69, 9.17) is 0 Å². The summed E-state index contributed by atoms with van der Waals surface area (Å²) in [6.45, 7) is 4.37. The molecule has 8 heteroatoms. The number of amides is 2. The smallest absolute Gasteiger partial charge is 0.264 e. The van der Waals surface area contributed by atoms with Crippen LogP contribution in [-0.4, -0.2) is 49.2 Å². The van der Waals surface area contributed by atoms with Crippen LogP contribution < -0.4 is 5.32 Å². The highest BCUT2D eigenvalue weighted by Crippen LogP contribution is 2.33. The first-order valence-corrected chi connectivity index (χ1v) is 11.4. The van der Waals surface area contributed by atoms with Crippen LogP contribution in [0.4, 0.5) is 5.00 Å². The van der Waals surface area contributed by atoms with Gasteiger partial charge in [-0.15, -0.1) is 11.3 Å². The van der Waals surface area contributed by atoms with Crippen LogP contribution in [0.15, 0.2) is 6.07 Å². The maximum absolute atomic E-state index is 13.0. The summed E-state index contributed by atoms with van der Waals surface area (Å²) in [6, 6.07) is 1.58. The molecule has 3 rings (SSSR count). The van der Waals surface area contributed by atoms with Gasteiger partial charge in [0, 0.05) is 18.5 Å². The van der Waals surface area contributed by atoms with E-state index in [0.717, 1.165) is 24.8 Å². The van der Waals surface area contributed by atoms with Gasteiger partial charge >= 0.3 is 0 Å². The number of rotatable bonds is 6. The monoisotopic (exact) mass is 384 g/mol. The number of nitrogens with zero attached hydrogens (tertiary/aromatic N) is 1. The van der Waals surface area contributed by atoms with Crippen LogP contribution in [0, 0.1) is 12.8 Å². The van der Waals surface area contributed by atoms with Gasteiger partial charge in [-0.1, -0.05) is 6.92 Å². The molecule has 1 saturated heterocycles. The zero-order valence-corrected chi connectivity index (χ0v) is 16.2. The first-order chi connectivity index (χ1) is 11.8. The molecule has 1 aromatic rings. The molecule has 25 heavy (non-hydrogen) atoms. The van der Waals surface area contributed by atoms with E-state index in [1.807, 2.05) is 19.9 Å². The minimum atomic E-state index is -3.05. The molecular formula is C17H24N2O4S2. The minimum Gasteiger partial charge on any atom is -0.334 e. The van der Waals surface area contributed by atoms with E-state index in [2.05, 4.69) is 5.32 Å². The quantitative estimate of drug-likeness (QED) is 0.816. The van der Waals surface area contributed by atoms with Gasteiger partial charge in [0.1, 0.15) is 0 Å². The molecule has 2 heterocycles. The molecule has 0 spiro atoms. The zero-order valence-electron chi connectivity index (χ0n) is 14.6. The van der Waals surface area contributed by atoms with Crippen molar-refractivity contribution in [2.24, 2.45) is 5.92 Å². The summed E-state index contributed by atoms with van der Waals surface area (Å²) >= 11 is 1.28. The van der Waals surface area contributed by atoms with Crippen LogP contribution >= 0.6 is 11.3 Å². The van der Waals surface area contributed by atoms with Crippen molar-refractivity contribution in [2.75, 3.05) is 23.4 Å². The third-order valence-electron chi connectivity index (χ3n) is 4.68. The average Bonchev–Trinajstić information content (AvgIpc) is 3.25. The van der Waals surface area contributed by atoms with Crippen molar-refractivity contribution in [3.05, 3.63) is 16.5 Å². The molecule has 1 N–H and O–H groups in total. The molecule has 1 aliphatic carbocycles. The van der Waals surface area contributed by atoms with E-state index in [9.17, 15) is 18.0 Å². The highest BCUT2D eigenvalue weighted by atomic mass is 32.2. The number of thiophene rings is 1. The van der Waals surface area contributed by atoms with Crippen LogP contribution in [0.1, 0.15) is 47.8 Å². The van der Waals surface area contributed by atoms with Crippen molar-refractivity contribution in [3.63, 3.8) is 0 Å². The van der Waals surface area contributed by atoms with Crippen LogP contribution in [-0.2, 0) is 14.6 Å². The lowest BCUT2D eigenvalue weighted by Gasteiger charge is -2.27. The Morgan fingerprint density at radius 3 is 2.60 bits per heavy atom. The van der Waals surface area contributed by atoms with Crippen molar-refractivity contribution >= 4 is 38.0 Å². The number of hydrogen-bond acceptors (Lipinski definition) is 5. The fraction of sp³-hybridized carbons (Fsp3) is 0.647. The van der Waals surface area contributed by atoms with Gasteiger partial charge in [-0.2, -0.15) is 0 Å². The normalized spacial score (nSPS) is 21.9. The molecule has 2 aliphatic rings. The van der Waals surface area contributed by atoms with Gasteiger partial charge < -0.3 is 10.2 Å². The third-order valence-corrected chi connectivity index (χ3v) is 7.57. The zero-order chi connectivity index (χ0) is 18.2. The predicted molar refractivity (Wildman–Crippen MR) is 98.8 cm³/mol. The van der Waals surface area contributed by atoms with Gasteiger partial charge in [0.15, 0.2) is 9.84 Å². The second-order valence-electron chi connectivity index (χ2n) is 6.94. The van der Waals surface area contributed by atoms with Gasteiger partial charge in [0.2, 0.25) is 5.91 Å². The topological polar surface area (TPSA) is 83.6 Å². The summed E-state index contributed by atoms with van der Waals surface area (Å²) < 4.78 is 23.6. The average molecular weight is 385 g/mol. The molecule has 138 valence electrons. The molecular weight excluding hydrogens is 360 g/mol. The van der Waals surface area contributed by atoms with Gasteiger partial charge in [-0.3, -0.25) is 9.59 Å². The second kappa shape index (κ2) is 7.07. The molecule has 1 aliphatic heterocycles. The lowest BCUT2D eigenvalue weighted by molar-refractivity contribution is -0.117. The van der Waals surface area contributed by atoms with Crippen molar-refractivity contribution in [1.29, 1.82) is 0 Å². The Morgan fingerprint density at radius 1 is 1.32 bits per heavy atom. The summed E-state index contributed by atoms with van der Waals surface area (Å²) in [5, 5.41) is 3.57. The van der Waals surface area contributed by atoms with E-state index in [1.54, 1.807) is 4.90 Å². The summed E-state index contributed by atoms with van der Waals surface area (Å²) in [5.74, 6) is 0.207. The van der Waals surface area contributed by atoms with E-state index in [-0.39, 0.29) is 35.3 Å². The number of anilines is 1. The number of sulfone groups is 1.